The van der Waals surface area contributed by atoms with Crippen molar-refractivity contribution in [3.63, 3.8) is 0 Å². The Morgan fingerprint density at radius 3 is 2.70 bits per heavy atom. The van der Waals surface area contributed by atoms with Crippen LogP contribution in [0.1, 0.15) is 18.4 Å². The van der Waals surface area contributed by atoms with Gasteiger partial charge in [0.25, 0.3) is 0 Å². The van der Waals surface area contributed by atoms with E-state index in [1.807, 2.05) is 23.9 Å². The molecule has 3 aromatic rings. The standard InChI is InChI=1S/C20H19FN4OS/c1-26-17-10-14(21)5-8-16(17)19-23-18(24-20(22)25-19)13-4-2-3-12(9-13)11-27-15-6-7-15/h2-5,8-10,15H,6-7,11H2,1H3,(H2,22,23,24,25). The highest BCUT2D eigenvalue weighted by Crippen LogP contribution is 2.36. The maximum absolute atomic E-state index is 13.5. The molecule has 0 aliphatic heterocycles. The van der Waals surface area contributed by atoms with E-state index in [1.54, 1.807) is 6.07 Å². The fourth-order valence-corrected chi connectivity index (χ4v) is 3.82. The number of thioether (sulfide) groups is 1. The maximum atomic E-state index is 13.5. The highest BCUT2D eigenvalue weighted by molar-refractivity contribution is 7.99. The molecule has 2 aromatic carbocycles. The van der Waals surface area contributed by atoms with E-state index < -0.39 is 5.82 Å². The van der Waals surface area contributed by atoms with Gasteiger partial charge in [0.15, 0.2) is 11.6 Å². The molecule has 0 unspecified atom stereocenters. The molecule has 0 bridgehead atoms. The fraction of sp³-hybridized carbons (Fsp3) is 0.250. The van der Waals surface area contributed by atoms with Crippen LogP contribution >= 0.6 is 11.8 Å². The number of hydrogen-bond donors (Lipinski definition) is 1. The quantitative estimate of drug-likeness (QED) is 0.684. The predicted molar refractivity (Wildman–Crippen MR) is 106 cm³/mol. The van der Waals surface area contributed by atoms with Crippen LogP contribution in [0.4, 0.5) is 10.3 Å². The second kappa shape index (κ2) is 7.52. The minimum absolute atomic E-state index is 0.110. The van der Waals surface area contributed by atoms with Crippen molar-refractivity contribution in [3.8, 4) is 28.5 Å². The zero-order valence-corrected chi connectivity index (χ0v) is 15.7. The molecule has 27 heavy (non-hydrogen) atoms. The van der Waals surface area contributed by atoms with E-state index >= 15 is 0 Å². The number of ether oxygens (including phenoxy) is 1. The Bertz CT molecular complexity index is 978. The van der Waals surface area contributed by atoms with Crippen molar-refractivity contribution in [2.24, 2.45) is 0 Å². The first-order valence-corrected chi connectivity index (χ1v) is 9.73. The molecule has 1 fully saturated rings. The third-order valence-corrected chi connectivity index (χ3v) is 5.70. The summed E-state index contributed by atoms with van der Waals surface area (Å²) in [7, 11) is 1.48. The fourth-order valence-electron chi connectivity index (χ4n) is 2.74. The van der Waals surface area contributed by atoms with Crippen LogP contribution in [0.2, 0.25) is 0 Å². The van der Waals surface area contributed by atoms with Gasteiger partial charge in [0.1, 0.15) is 11.6 Å². The van der Waals surface area contributed by atoms with E-state index in [1.165, 1.54) is 37.6 Å². The summed E-state index contributed by atoms with van der Waals surface area (Å²) in [5, 5.41) is 0.805. The third-order valence-electron chi connectivity index (χ3n) is 4.25. The first-order chi connectivity index (χ1) is 13.1. The maximum Gasteiger partial charge on any atom is 0.224 e. The molecular formula is C20H19FN4OS. The average Bonchev–Trinajstić information content (AvgIpc) is 3.50. The van der Waals surface area contributed by atoms with Gasteiger partial charge in [-0.2, -0.15) is 21.7 Å². The molecule has 2 N–H and O–H groups in total. The van der Waals surface area contributed by atoms with Crippen LogP contribution in [0.15, 0.2) is 42.5 Å². The van der Waals surface area contributed by atoms with Crippen LogP contribution < -0.4 is 10.5 Å². The lowest BCUT2D eigenvalue weighted by Crippen LogP contribution is -2.03. The minimum atomic E-state index is -0.390. The van der Waals surface area contributed by atoms with Crippen molar-refractivity contribution in [1.29, 1.82) is 0 Å². The Hall–Kier alpha value is -2.67. The van der Waals surface area contributed by atoms with Gasteiger partial charge in [0.2, 0.25) is 5.95 Å². The average molecular weight is 382 g/mol. The molecule has 0 amide bonds. The smallest absolute Gasteiger partial charge is 0.224 e. The summed E-state index contributed by atoms with van der Waals surface area (Å²) in [6, 6.07) is 12.3. The second-order valence-electron chi connectivity index (χ2n) is 6.40. The van der Waals surface area contributed by atoms with Crippen LogP contribution in [-0.2, 0) is 5.75 Å². The number of aromatic nitrogens is 3. The Kier molecular flexibility index (Phi) is 4.94. The first kappa shape index (κ1) is 17.7. The van der Waals surface area contributed by atoms with Gasteiger partial charge in [-0.05, 0) is 36.6 Å². The summed E-state index contributed by atoms with van der Waals surface area (Å²) in [6.45, 7) is 0. The molecule has 1 aliphatic carbocycles. The largest absolute Gasteiger partial charge is 0.496 e. The van der Waals surface area contributed by atoms with E-state index in [-0.39, 0.29) is 5.95 Å². The SMILES string of the molecule is COc1cc(F)ccc1-c1nc(N)nc(-c2cccc(CSC3CC3)c2)n1. The summed E-state index contributed by atoms with van der Waals surface area (Å²) in [5.74, 6) is 1.88. The van der Waals surface area contributed by atoms with E-state index in [0.717, 1.165) is 16.6 Å². The van der Waals surface area contributed by atoms with Gasteiger partial charge in [0, 0.05) is 22.6 Å². The second-order valence-corrected chi connectivity index (χ2v) is 7.68. The molecule has 138 valence electrons. The highest BCUT2D eigenvalue weighted by Gasteiger charge is 2.21. The molecule has 1 heterocycles. The number of rotatable bonds is 6. The van der Waals surface area contributed by atoms with Crippen molar-refractivity contribution in [1.82, 2.24) is 15.0 Å². The normalized spacial score (nSPS) is 13.6. The minimum Gasteiger partial charge on any atom is -0.496 e. The number of methoxy groups -OCH3 is 1. The zero-order valence-electron chi connectivity index (χ0n) is 14.9. The lowest BCUT2D eigenvalue weighted by atomic mass is 10.1. The summed E-state index contributed by atoms with van der Waals surface area (Å²) in [6.07, 6.45) is 2.63. The molecule has 1 saturated carbocycles. The number of nitrogen functional groups attached to an aromatic ring is 1. The lowest BCUT2D eigenvalue weighted by molar-refractivity contribution is 0.412. The molecular weight excluding hydrogens is 363 g/mol. The third kappa shape index (κ3) is 4.19. The van der Waals surface area contributed by atoms with Crippen molar-refractivity contribution < 1.29 is 9.13 Å². The molecule has 4 rings (SSSR count). The van der Waals surface area contributed by atoms with Gasteiger partial charge in [-0.1, -0.05) is 18.2 Å². The van der Waals surface area contributed by atoms with Gasteiger partial charge in [-0.15, -0.1) is 0 Å². The number of benzene rings is 2. The highest BCUT2D eigenvalue weighted by atomic mass is 32.2. The Morgan fingerprint density at radius 2 is 1.93 bits per heavy atom. The van der Waals surface area contributed by atoms with Gasteiger partial charge in [-0.25, -0.2) is 9.37 Å². The van der Waals surface area contributed by atoms with Crippen LogP contribution in [-0.4, -0.2) is 27.3 Å². The Labute approximate surface area is 161 Å². The first-order valence-electron chi connectivity index (χ1n) is 8.69. The number of anilines is 1. The molecule has 1 aromatic heterocycles. The number of nitrogens with two attached hydrogens (primary N) is 1. The van der Waals surface area contributed by atoms with Crippen molar-refractivity contribution in [3.05, 3.63) is 53.8 Å². The van der Waals surface area contributed by atoms with Crippen molar-refractivity contribution >= 4 is 17.7 Å². The van der Waals surface area contributed by atoms with E-state index in [0.29, 0.717) is 23.0 Å². The molecule has 0 saturated heterocycles. The van der Waals surface area contributed by atoms with E-state index in [9.17, 15) is 4.39 Å². The molecule has 5 nitrogen and oxygen atoms in total. The summed E-state index contributed by atoms with van der Waals surface area (Å²) in [5.41, 5.74) is 8.59. The lowest BCUT2D eigenvalue weighted by Gasteiger charge is -2.10. The molecule has 0 atom stereocenters. The van der Waals surface area contributed by atoms with E-state index in [4.69, 9.17) is 10.5 Å². The summed E-state index contributed by atoms with van der Waals surface area (Å²) >= 11 is 1.98. The molecule has 0 radical (unpaired) electrons. The predicted octanol–water partition coefficient (Wildman–Crippen LogP) is 4.33. The van der Waals surface area contributed by atoms with Gasteiger partial charge < -0.3 is 10.5 Å². The summed E-state index contributed by atoms with van der Waals surface area (Å²) in [4.78, 5) is 13.0. The Balaban J connectivity index is 1.69. The number of nitrogens with zero attached hydrogens (tertiary/aromatic N) is 3. The van der Waals surface area contributed by atoms with Crippen LogP contribution in [0.5, 0.6) is 5.75 Å². The monoisotopic (exact) mass is 382 g/mol. The number of hydrogen-bond acceptors (Lipinski definition) is 6. The van der Waals surface area contributed by atoms with Crippen molar-refractivity contribution in [2.75, 3.05) is 12.8 Å². The van der Waals surface area contributed by atoms with Gasteiger partial charge in [0.05, 0.1) is 12.7 Å². The zero-order chi connectivity index (χ0) is 18.8. The number of halogens is 1. The molecule has 7 heteroatoms. The van der Waals surface area contributed by atoms with Gasteiger partial charge >= 0.3 is 0 Å². The molecule has 1 aliphatic rings. The topological polar surface area (TPSA) is 73.9 Å². The Morgan fingerprint density at radius 1 is 1.11 bits per heavy atom. The van der Waals surface area contributed by atoms with Crippen LogP contribution in [0.3, 0.4) is 0 Å². The molecule has 0 spiro atoms. The van der Waals surface area contributed by atoms with Crippen LogP contribution in [0, 0.1) is 5.82 Å². The van der Waals surface area contributed by atoms with Crippen LogP contribution in [0.25, 0.3) is 22.8 Å². The summed E-state index contributed by atoms with van der Waals surface area (Å²) < 4.78 is 18.8. The van der Waals surface area contributed by atoms with E-state index in [2.05, 4.69) is 27.1 Å². The van der Waals surface area contributed by atoms with Crippen molar-refractivity contribution in [2.45, 2.75) is 23.8 Å². The van der Waals surface area contributed by atoms with Gasteiger partial charge in [-0.3, -0.25) is 0 Å².